The van der Waals surface area contributed by atoms with Crippen LogP contribution in [0.1, 0.15) is 11.1 Å². The number of rotatable bonds is 1. The number of tetrazole rings is 1. The van der Waals surface area contributed by atoms with E-state index in [1.807, 2.05) is 26.0 Å². The summed E-state index contributed by atoms with van der Waals surface area (Å²) in [6.45, 7) is 4.05. The lowest BCUT2D eigenvalue weighted by Gasteiger charge is -2.04. The molecule has 0 aliphatic carbocycles. The fourth-order valence-corrected chi connectivity index (χ4v) is 1.92. The number of aromatic nitrogens is 5. The van der Waals surface area contributed by atoms with Gasteiger partial charge >= 0.3 is 0 Å². The first-order chi connectivity index (χ1) is 8.65. The summed E-state index contributed by atoms with van der Waals surface area (Å²) < 4.78 is 0. The van der Waals surface area contributed by atoms with Gasteiger partial charge in [0, 0.05) is 5.52 Å². The minimum atomic E-state index is -0.216. The van der Waals surface area contributed by atoms with Crippen LogP contribution in [0.2, 0.25) is 0 Å². The molecule has 1 aromatic carbocycles. The predicted octanol–water partition coefficient (Wildman–Crippen LogP) is 1.33. The van der Waals surface area contributed by atoms with E-state index < -0.39 is 0 Å². The summed E-state index contributed by atoms with van der Waals surface area (Å²) in [5.74, 6) is 0.302. The highest BCUT2D eigenvalue weighted by molar-refractivity contribution is 5.83. The molecular weight excluding hydrogens is 230 g/mol. The summed E-state index contributed by atoms with van der Waals surface area (Å²) in [6, 6.07) is 5.78. The summed E-state index contributed by atoms with van der Waals surface area (Å²) in [5.41, 5.74) is 3.33. The van der Waals surface area contributed by atoms with Gasteiger partial charge in [-0.2, -0.15) is 5.21 Å². The van der Waals surface area contributed by atoms with E-state index in [2.05, 4.69) is 25.6 Å². The topological polar surface area (TPSA) is 87.3 Å². The van der Waals surface area contributed by atoms with Gasteiger partial charge < -0.3 is 4.98 Å². The maximum absolute atomic E-state index is 12.0. The monoisotopic (exact) mass is 241 g/mol. The van der Waals surface area contributed by atoms with Gasteiger partial charge in [-0.3, -0.25) is 4.79 Å². The highest BCUT2D eigenvalue weighted by Crippen LogP contribution is 2.19. The summed E-state index contributed by atoms with van der Waals surface area (Å²) in [4.78, 5) is 14.8. The highest BCUT2D eigenvalue weighted by atomic mass is 16.1. The van der Waals surface area contributed by atoms with Crippen LogP contribution in [-0.2, 0) is 0 Å². The normalized spacial score (nSPS) is 11.0. The minimum absolute atomic E-state index is 0.216. The summed E-state index contributed by atoms with van der Waals surface area (Å²) in [7, 11) is 0. The number of H-pyrrole nitrogens is 2. The SMILES string of the molecule is Cc1cc2cc(-c3nn[nH]n3)c(=O)[nH]c2cc1C. The van der Waals surface area contributed by atoms with Crippen molar-refractivity contribution in [2.24, 2.45) is 0 Å². The lowest BCUT2D eigenvalue weighted by molar-refractivity contribution is 0.881. The van der Waals surface area contributed by atoms with Gasteiger partial charge in [0.2, 0.25) is 5.82 Å². The Labute approximate surface area is 102 Å². The summed E-state index contributed by atoms with van der Waals surface area (Å²) in [6.07, 6.45) is 0. The standard InChI is InChI=1S/C12H11N5O/c1-6-3-8-5-9(11-14-16-17-15-11)12(18)13-10(8)4-7(6)2/h3-5H,1-2H3,(H,13,18)(H,14,15,16,17). The molecule has 0 aliphatic heterocycles. The quantitative estimate of drug-likeness (QED) is 0.672. The molecule has 2 aromatic heterocycles. The molecule has 3 aromatic rings. The van der Waals surface area contributed by atoms with E-state index in [-0.39, 0.29) is 5.56 Å². The number of aryl methyl sites for hydroxylation is 2. The van der Waals surface area contributed by atoms with Crippen LogP contribution in [0.3, 0.4) is 0 Å². The van der Waals surface area contributed by atoms with Crippen molar-refractivity contribution in [1.82, 2.24) is 25.6 Å². The van der Waals surface area contributed by atoms with Crippen LogP contribution in [0.25, 0.3) is 22.3 Å². The first kappa shape index (κ1) is 10.6. The minimum Gasteiger partial charge on any atom is -0.321 e. The van der Waals surface area contributed by atoms with E-state index in [4.69, 9.17) is 0 Å². The lowest BCUT2D eigenvalue weighted by Crippen LogP contribution is -2.09. The van der Waals surface area contributed by atoms with Gasteiger partial charge in [-0.05, 0) is 53.8 Å². The maximum Gasteiger partial charge on any atom is 0.259 e. The Morgan fingerprint density at radius 2 is 1.89 bits per heavy atom. The Bertz CT molecular complexity index is 773. The molecule has 2 heterocycles. The van der Waals surface area contributed by atoms with Gasteiger partial charge in [-0.25, -0.2) is 0 Å². The van der Waals surface area contributed by atoms with E-state index in [0.717, 1.165) is 16.5 Å². The third-order valence-electron chi connectivity index (χ3n) is 3.04. The number of benzene rings is 1. The Balaban J connectivity index is 2.33. The van der Waals surface area contributed by atoms with Crippen molar-refractivity contribution in [3.63, 3.8) is 0 Å². The fourth-order valence-electron chi connectivity index (χ4n) is 1.92. The second-order valence-corrected chi connectivity index (χ2v) is 4.27. The predicted molar refractivity (Wildman–Crippen MR) is 67.2 cm³/mol. The van der Waals surface area contributed by atoms with Gasteiger partial charge in [-0.1, -0.05) is 0 Å². The maximum atomic E-state index is 12.0. The summed E-state index contributed by atoms with van der Waals surface area (Å²) in [5, 5.41) is 14.4. The largest absolute Gasteiger partial charge is 0.321 e. The molecule has 90 valence electrons. The van der Waals surface area contributed by atoms with Gasteiger partial charge in [0.15, 0.2) is 0 Å². The van der Waals surface area contributed by atoms with Crippen LogP contribution >= 0.6 is 0 Å². The second kappa shape index (κ2) is 3.76. The molecule has 0 saturated carbocycles. The number of fused-ring (bicyclic) bond motifs is 1. The van der Waals surface area contributed by atoms with Crippen LogP contribution < -0.4 is 5.56 Å². The molecule has 18 heavy (non-hydrogen) atoms. The molecule has 6 nitrogen and oxygen atoms in total. The molecule has 0 radical (unpaired) electrons. The van der Waals surface area contributed by atoms with E-state index >= 15 is 0 Å². The molecule has 3 rings (SSSR count). The van der Waals surface area contributed by atoms with Gasteiger partial charge in [-0.15, -0.1) is 10.2 Å². The van der Waals surface area contributed by atoms with Crippen LogP contribution in [0.4, 0.5) is 0 Å². The molecule has 0 amide bonds. The van der Waals surface area contributed by atoms with E-state index in [0.29, 0.717) is 11.4 Å². The zero-order valence-corrected chi connectivity index (χ0v) is 9.98. The number of hydrogen-bond acceptors (Lipinski definition) is 4. The number of nitrogens with one attached hydrogen (secondary N) is 2. The number of aromatic amines is 2. The molecule has 0 fully saturated rings. The number of nitrogens with zero attached hydrogens (tertiary/aromatic N) is 3. The Morgan fingerprint density at radius 1 is 1.11 bits per heavy atom. The summed E-state index contributed by atoms with van der Waals surface area (Å²) >= 11 is 0. The van der Waals surface area contributed by atoms with Crippen molar-refractivity contribution < 1.29 is 0 Å². The molecule has 6 heteroatoms. The van der Waals surface area contributed by atoms with Crippen molar-refractivity contribution in [2.45, 2.75) is 13.8 Å². The second-order valence-electron chi connectivity index (χ2n) is 4.27. The molecule has 0 spiro atoms. The zero-order chi connectivity index (χ0) is 12.7. The molecule has 0 saturated heterocycles. The van der Waals surface area contributed by atoms with Crippen LogP contribution in [0, 0.1) is 13.8 Å². The Morgan fingerprint density at radius 3 is 2.61 bits per heavy atom. The van der Waals surface area contributed by atoms with Gasteiger partial charge in [0.25, 0.3) is 5.56 Å². The first-order valence-electron chi connectivity index (χ1n) is 5.53. The lowest BCUT2D eigenvalue weighted by atomic mass is 10.0. The molecular formula is C12H11N5O. The fraction of sp³-hybridized carbons (Fsp3) is 0.167. The number of hydrogen-bond donors (Lipinski definition) is 2. The van der Waals surface area contributed by atoms with Crippen molar-refractivity contribution in [3.05, 3.63) is 39.7 Å². The van der Waals surface area contributed by atoms with Crippen molar-refractivity contribution in [2.75, 3.05) is 0 Å². The third-order valence-corrected chi connectivity index (χ3v) is 3.04. The van der Waals surface area contributed by atoms with Crippen LogP contribution in [0.15, 0.2) is 23.0 Å². The highest BCUT2D eigenvalue weighted by Gasteiger charge is 2.10. The Kier molecular flexibility index (Phi) is 2.22. The third kappa shape index (κ3) is 1.58. The van der Waals surface area contributed by atoms with E-state index in [1.165, 1.54) is 5.56 Å². The average Bonchev–Trinajstić information content (AvgIpc) is 2.84. The molecule has 0 aliphatic rings. The van der Waals surface area contributed by atoms with Crippen molar-refractivity contribution in [3.8, 4) is 11.4 Å². The van der Waals surface area contributed by atoms with Crippen LogP contribution in [-0.4, -0.2) is 25.6 Å². The van der Waals surface area contributed by atoms with Gasteiger partial charge in [0.1, 0.15) is 0 Å². The first-order valence-corrected chi connectivity index (χ1v) is 5.53. The van der Waals surface area contributed by atoms with Crippen molar-refractivity contribution in [1.29, 1.82) is 0 Å². The Hall–Kier alpha value is -2.50. The molecule has 2 N–H and O–H groups in total. The zero-order valence-electron chi connectivity index (χ0n) is 9.98. The smallest absolute Gasteiger partial charge is 0.259 e. The van der Waals surface area contributed by atoms with Crippen LogP contribution in [0.5, 0.6) is 0 Å². The van der Waals surface area contributed by atoms with Crippen molar-refractivity contribution >= 4 is 10.9 Å². The van der Waals surface area contributed by atoms with E-state index in [1.54, 1.807) is 6.07 Å². The molecule has 0 bridgehead atoms. The molecule has 0 unspecified atom stereocenters. The molecule has 0 atom stereocenters. The van der Waals surface area contributed by atoms with Gasteiger partial charge in [0.05, 0.1) is 5.56 Å². The average molecular weight is 241 g/mol. The van der Waals surface area contributed by atoms with E-state index in [9.17, 15) is 4.79 Å². The number of pyridine rings is 1.